The van der Waals surface area contributed by atoms with Gasteiger partial charge in [-0.1, -0.05) is 68.1 Å². The zero-order chi connectivity index (χ0) is 28.4. The standard InChI is InChI=1S/C27H34N4O5S3/c1-5-16-28-26(33)30-39(34,35)22-11-9-8-10-21(22)20-14-12-19(13-15-20)18-31-23(25(32)36-7-3)24(37-4)29-27(31)38-17-6-2/h8-15H,5-7,16-18H2,1-4H3,(H2,28,30,33). The molecule has 1 heterocycles. The fourth-order valence-corrected chi connectivity index (χ4v) is 6.40. The van der Waals surface area contributed by atoms with Gasteiger partial charge in [0.1, 0.15) is 5.03 Å². The van der Waals surface area contributed by atoms with Gasteiger partial charge in [-0.3, -0.25) is 0 Å². The van der Waals surface area contributed by atoms with E-state index in [0.717, 1.165) is 22.9 Å². The summed E-state index contributed by atoms with van der Waals surface area (Å²) in [7, 11) is -4.09. The number of ether oxygens (including phenoxy) is 1. The van der Waals surface area contributed by atoms with Crippen LogP contribution in [0.25, 0.3) is 11.1 Å². The highest BCUT2D eigenvalue weighted by atomic mass is 32.2. The monoisotopic (exact) mass is 590 g/mol. The maximum absolute atomic E-state index is 13.0. The molecule has 2 aromatic carbocycles. The minimum atomic E-state index is -4.09. The Bertz CT molecular complexity index is 1390. The van der Waals surface area contributed by atoms with E-state index in [1.807, 2.05) is 42.0 Å². The van der Waals surface area contributed by atoms with Gasteiger partial charge in [-0.2, -0.15) is 0 Å². The molecule has 0 aliphatic heterocycles. The van der Waals surface area contributed by atoms with Crippen molar-refractivity contribution < 1.29 is 22.7 Å². The van der Waals surface area contributed by atoms with E-state index >= 15 is 0 Å². The van der Waals surface area contributed by atoms with Crippen LogP contribution in [0.5, 0.6) is 0 Å². The molecule has 0 spiro atoms. The summed E-state index contributed by atoms with van der Waals surface area (Å²) >= 11 is 2.99. The van der Waals surface area contributed by atoms with Crippen LogP contribution in [0.3, 0.4) is 0 Å². The van der Waals surface area contributed by atoms with E-state index < -0.39 is 22.0 Å². The van der Waals surface area contributed by atoms with Crippen LogP contribution in [0.4, 0.5) is 4.79 Å². The highest BCUT2D eigenvalue weighted by Crippen LogP contribution is 2.31. The highest BCUT2D eigenvalue weighted by molar-refractivity contribution is 7.99. The van der Waals surface area contributed by atoms with Gasteiger partial charge in [0.15, 0.2) is 10.9 Å². The van der Waals surface area contributed by atoms with Crippen molar-refractivity contribution in [3.8, 4) is 11.1 Å². The average Bonchev–Trinajstić information content (AvgIpc) is 3.28. The van der Waals surface area contributed by atoms with Crippen molar-refractivity contribution in [1.82, 2.24) is 19.6 Å². The molecule has 1 aromatic heterocycles. The first kappa shape index (κ1) is 30.6. The lowest BCUT2D eigenvalue weighted by Crippen LogP contribution is -2.39. The molecule has 0 bridgehead atoms. The lowest BCUT2D eigenvalue weighted by Gasteiger charge is -2.14. The minimum Gasteiger partial charge on any atom is -0.461 e. The number of sulfonamides is 1. The molecule has 0 aliphatic carbocycles. The number of urea groups is 1. The van der Waals surface area contributed by atoms with Crippen LogP contribution in [0.15, 0.2) is 63.6 Å². The number of carbonyl (C=O) groups excluding carboxylic acids is 2. The quantitative estimate of drug-likeness (QED) is 0.201. The summed E-state index contributed by atoms with van der Waals surface area (Å²) in [6, 6.07) is 13.2. The number of nitrogens with zero attached hydrogens (tertiary/aromatic N) is 2. The van der Waals surface area contributed by atoms with Crippen molar-refractivity contribution in [3.05, 3.63) is 59.8 Å². The van der Waals surface area contributed by atoms with E-state index in [1.54, 1.807) is 36.9 Å². The van der Waals surface area contributed by atoms with Gasteiger partial charge in [0.05, 0.1) is 18.0 Å². The normalized spacial score (nSPS) is 11.3. The Kier molecular flexibility index (Phi) is 11.3. The van der Waals surface area contributed by atoms with Crippen molar-refractivity contribution in [3.63, 3.8) is 0 Å². The number of hydrogen-bond acceptors (Lipinski definition) is 8. The second-order valence-electron chi connectivity index (χ2n) is 8.46. The summed E-state index contributed by atoms with van der Waals surface area (Å²) in [6.07, 6.45) is 3.54. The van der Waals surface area contributed by atoms with E-state index in [-0.39, 0.29) is 11.5 Å². The predicted octanol–water partition coefficient (Wildman–Crippen LogP) is 5.40. The maximum Gasteiger partial charge on any atom is 0.357 e. The van der Waals surface area contributed by atoms with Gasteiger partial charge in [-0.25, -0.2) is 27.7 Å². The van der Waals surface area contributed by atoms with E-state index in [9.17, 15) is 18.0 Å². The lowest BCUT2D eigenvalue weighted by molar-refractivity contribution is 0.0508. The molecule has 0 unspecified atom stereocenters. The van der Waals surface area contributed by atoms with Crippen LogP contribution in [0.2, 0.25) is 0 Å². The summed E-state index contributed by atoms with van der Waals surface area (Å²) in [5, 5.41) is 3.89. The Morgan fingerprint density at radius 1 is 1.03 bits per heavy atom. The minimum absolute atomic E-state index is 0.00599. The number of carbonyl (C=O) groups is 2. The number of hydrogen-bond donors (Lipinski definition) is 2. The van der Waals surface area contributed by atoms with Gasteiger partial charge in [-0.05, 0) is 43.2 Å². The summed E-state index contributed by atoms with van der Waals surface area (Å²) in [5.74, 6) is 0.450. The zero-order valence-corrected chi connectivity index (χ0v) is 25.0. The maximum atomic E-state index is 13.0. The molecule has 0 aliphatic rings. The van der Waals surface area contributed by atoms with Gasteiger partial charge in [0, 0.05) is 17.9 Å². The third-order valence-corrected chi connectivity index (χ3v) is 8.79. The zero-order valence-electron chi connectivity index (χ0n) is 22.5. The SMILES string of the molecule is CCCNC(=O)NS(=O)(=O)c1ccccc1-c1ccc(Cn2c(SCCC)nc(SC)c2C(=O)OCC)cc1. The molecule has 39 heavy (non-hydrogen) atoms. The van der Waals surface area contributed by atoms with Crippen LogP contribution in [-0.2, 0) is 21.3 Å². The van der Waals surface area contributed by atoms with Gasteiger partial charge >= 0.3 is 12.0 Å². The molecule has 12 heteroatoms. The Labute approximate surface area is 238 Å². The molecule has 0 saturated carbocycles. The Morgan fingerprint density at radius 3 is 2.38 bits per heavy atom. The highest BCUT2D eigenvalue weighted by Gasteiger charge is 2.25. The van der Waals surface area contributed by atoms with Gasteiger partial charge < -0.3 is 14.6 Å². The molecule has 3 aromatic rings. The number of nitrogens with one attached hydrogen (secondary N) is 2. The van der Waals surface area contributed by atoms with Gasteiger partial charge in [-0.15, -0.1) is 11.8 Å². The number of esters is 1. The second-order valence-corrected chi connectivity index (χ2v) is 12.0. The average molecular weight is 591 g/mol. The van der Waals surface area contributed by atoms with Crippen molar-refractivity contribution in [1.29, 1.82) is 0 Å². The number of thioether (sulfide) groups is 2. The third-order valence-electron chi connectivity index (χ3n) is 5.54. The number of rotatable bonds is 13. The van der Waals surface area contributed by atoms with Crippen molar-refractivity contribution in [2.75, 3.05) is 25.2 Å². The molecule has 9 nitrogen and oxygen atoms in total. The van der Waals surface area contributed by atoms with E-state index in [0.29, 0.717) is 41.4 Å². The summed E-state index contributed by atoms with van der Waals surface area (Å²) < 4.78 is 35.3. The van der Waals surface area contributed by atoms with Gasteiger partial charge in [0.2, 0.25) is 0 Å². The summed E-state index contributed by atoms with van der Waals surface area (Å²) in [4.78, 5) is 29.6. The molecular weight excluding hydrogens is 557 g/mol. The third kappa shape index (κ3) is 7.80. The second kappa shape index (κ2) is 14.4. The molecule has 0 saturated heterocycles. The molecule has 3 rings (SSSR count). The summed E-state index contributed by atoms with van der Waals surface area (Å²) in [6.45, 7) is 6.77. The molecule has 0 radical (unpaired) electrons. The van der Waals surface area contributed by atoms with Crippen molar-refractivity contribution in [2.24, 2.45) is 0 Å². The summed E-state index contributed by atoms with van der Waals surface area (Å²) in [5.41, 5.74) is 2.48. The Morgan fingerprint density at radius 2 is 1.74 bits per heavy atom. The smallest absolute Gasteiger partial charge is 0.357 e. The first-order valence-corrected chi connectivity index (χ1v) is 16.4. The number of amides is 2. The Hall–Kier alpha value is -2.96. The van der Waals surface area contributed by atoms with Crippen LogP contribution < -0.4 is 10.0 Å². The van der Waals surface area contributed by atoms with E-state index in [2.05, 4.69) is 17.0 Å². The van der Waals surface area contributed by atoms with Crippen molar-refractivity contribution >= 4 is 45.5 Å². The topological polar surface area (TPSA) is 119 Å². The lowest BCUT2D eigenvalue weighted by atomic mass is 10.0. The van der Waals surface area contributed by atoms with Crippen LogP contribution in [-0.4, -0.2) is 55.1 Å². The van der Waals surface area contributed by atoms with Crippen LogP contribution in [0, 0.1) is 0 Å². The molecule has 2 amide bonds. The largest absolute Gasteiger partial charge is 0.461 e. The molecular formula is C27H34N4O5S3. The number of benzene rings is 2. The fourth-order valence-electron chi connectivity index (χ4n) is 3.76. The first-order valence-electron chi connectivity index (χ1n) is 12.7. The van der Waals surface area contributed by atoms with Crippen LogP contribution >= 0.6 is 23.5 Å². The molecule has 0 fully saturated rings. The predicted molar refractivity (Wildman–Crippen MR) is 156 cm³/mol. The van der Waals surface area contributed by atoms with Gasteiger partial charge in [0.25, 0.3) is 10.0 Å². The van der Waals surface area contributed by atoms with Crippen LogP contribution in [0.1, 0.15) is 49.7 Å². The Balaban J connectivity index is 1.93. The first-order chi connectivity index (χ1) is 18.7. The molecule has 2 N–H and O–H groups in total. The molecule has 0 atom stereocenters. The number of imidazole rings is 1. The van der Waals surface area contributed by atoms with E-state index in [1.165, 1.54) is 17.8 Å². The van der Waals surface area contributed by atoms with Crippen molar-refractivity contribution in [2.45, 2.75) is 55.2 Å². The fraction of sp³-hybridized carbons (Fsp3) is 0.370. The number of aromatic nitrogens is 2. The molecule has 210 valence electrons. The van der Waals surface area contributed by atoms with E-state index in [4.69, 9.17) is 9.72 Å².